The molecule has 0 spiro atoms. The van der Waals surface area contributed by atoms with Crippen molar-refractivity contribution in [3.05, 3.63) is 48.3 Å². The van der Waals surface area contributed by atoms with E-state index in [1.165, 1.54) is 31.2 Å². The molecule has 9 nitrogen and oxygen atoms in total. The largest absolute Gasteiger partial charge is 0.484 e. The topological polar surface area (TPSA) is 114 Å². The maximum absolute atomic E-state index is 13.5. The molecule has 2 amide bonds. The molecule has 11 heteroatoms. The number of nitrogens with zero attached hydrogens (tertiary/aromatic N) is 1. The van der Waals surface area contributed by atoms with Gasteiger partial charge in [-0.15, -0.1) is 0 Å². The Morgan fingerprint density at radius 1 is 1.20 bits per heavy atom. The summed E-state index contributed by atoms with van der Waals surface area (Å²) in [6, 6.07) is 9.04. The number of fused-ring (bicyclic) bond motifs is 1. The highest BCUT2D eigenvalue weighted by Gasteiger charge is 2.35. The van der Waals surface area contributed by atoms with Gasteiger partial charge in [0.25, 0.3) is 10.0 Å². The molecule has 2 N–H and O–H groups in total. The van der Waals surface area contributed by atoms with Crippen molar-refractivity contribution < 1.29 is 31.9 Å². The van der Waals surface area contributed by atoms with E-state index >= 15 is 0 Å². The quantitative estimate of drug-likeness (QED) is 0.613. The molecule has 2 unspecified atom stereocenters. The van der Waals surface area contributed by atoms with E-state index in [1.54, 1.807) is 13.0 Å². The Balaban J connectivity index is 1.93. The monoisotopic (exact) mass is 507 g/mol. The fourth-order valence-electron chi connectivity index (χ4n) is 3.20. The molecule has 0 saturated carbocycles. The number of anilines is 2. The van der Waals surface area contributed by atoms with E-state index < -0.39 is 28.0 Å². The smallest absolute Gasteiger partial charge is 0.411 e. The van der Waals surface area contributed by atoms with E-state index in [0.717, 1.165) is 16.4 Å². The number of sulfonamides is 1. The van der Waals surface area contributed by atoms with Gasteiger partial charge in [-0.3, -0.25) is 14.4 Å². The van der Waals surface area contributed by atoms with Crippen LogP contribution in [0.3, 0.4) is 0 Å². The van der Waals surface area contributed by atoms with Gasteiger partial charge in [0.15, 0.2) is 0 Å². The van der Waals surface area contributed by atoms with Crippen molar-refractivity contribution >= 4 is 33.4 Å². The Kier molecular flexibility index (Phi) is 7.59. The fraction of sp³-hybridized carbons (Fsp3) is 0.417. The highest BCUT2D eigenvalue weighted by atomic mass is 32.2. The maximum Gasteiger partial charge on any atom is 0.411 e. The minimum atomic E-state index is -4.12. The summed E-state index contributed by atoms with van der Waals surface area (Å²) >= 11 is 0. The minimum absolute atomic E-state index is 0.0846. The van der Waals surface area contributed by atoms with Gasteiger partial charge in [-0.05, 0) is 54.8 Å². The highest BCUT2D eigenvalue weighted by molar-refractivity contribution is 7.92. The number of carbonyl (C=O) groups excluding carboxylic acids is 2. The van der Waals surface area contributed by atoms with Crippen LogP contribution in [0.1, 0.15) is 34.6 Å². The van der Waals surface area contributed by atoms with E-state index in [2.05, 4.69) is 10.6 Å². The van der Waals surface area contributed by atoms with Gasteiger partial charge >= 0.3 is 6.09 Å². The lowest BCUT2D eigenvalue weighted by atomic mass is 9.90. The van der Waals surface area contributed by atoms with E-state index in [0.29, 0.717) is 5.69 Å². The molecule has 2 aromatic rings. The molecule has 0 aromatic heterocycles. The first-order valence-corrected chi connectivity index (χ1v) is 12.5. The molecule has 35 heavy (non-hydrogen) atoms. The molecule has 190 valence electrons. The Labute approximate surface area is 204 Å². The van der Waals surface area contributed by atoms with Crippen molar-refractivity contribution in [3.8, 4) is 5.75 Å². The average Bonchev–Trinajstić information content (AvgIpc) is 2.76. The van der Waals surface area contributed by atoms with Gasteiger partial charge in [-0.1, -0.05) is 20.8 Å². The average molecular weight is 508 g/mol. The predicted octanol–water partition coefficient (Wildman–Crippen LogP) is 3.90. The summed E-state index contributed by atoms with van der Waals surface area (Å²) < 4.78 is 52.8. The second-order valence-corrected chi connectivity index (χ2v) is 11.3. The molecule has 2 atom stereocenters. The summed E-state index contributed by atoms with van der Waals surface area (Å²) in [6.45, 7) is 8.93. The molecule has 2 aromatic carbocycles. The Bertz CT molecular complexity index is 1190. The lowest BCUT2D eigenvalue weighted by molar-refractivity contribution is -0.119. The van der Waals surface area contributed by atoms with Crippen molar-refractivity contribution in [2.24, 2.45) is 5.41 Å². The van der Waals surface area contributed by atoms with Crippen LogP contribution in [0.2, 0.25) is 0 Å². The first-order chi connectivity index (χ1) is 16.3. The second-order valence-electron chi connectivity index (χ2n) is 9.39. The number of hydrogen-bond donors (Lipinski definition) is 2. The SMILES string of the molecule is CC(=O)NCC1CN(S(=O)(=O)c2ccc(F)cc2)c2cc(NC(=O)OC(C)C(C)(C)C)ccc2O1. The van der Waals surface area contributed by atoms with Gasteiger partial charge in [0.1, 0.15) is 23.8 Å². The zero-order chi connectivity index (χ0) is 26.0. The normalized spacial score (nSPS) is 16.5. The number of carbonyl (C=O) groups is 2. The van der Waals surface area contributed by atoms with Crippen LogP contribution in [0.15, 0.2) is 47.4 Å². The zero-order valence-corrected chi connectivity index (χ0v) is 21.1. The highest BCUT2D eigenvalue weighted by Crippen LogP contribution is 2.39. The fourth-order valence-corrected chi connectivity index (χ4v) is 4.70. The van der Waals surface area contributed by atoms with Gasteiger partial charge in [0.05, 0.1) is 23.7 Å². The standard InChI is InChI=1S/C24H30FN3O6S/c1-15(24(3,4)5)33-23(30)27-18-8-11-22-21(12-18)28(14-19(34-22)13-26-16(2)29)35(31,32)20-9-6-17(25)7-10-20/h6-12,15,19H,13-14H2,1-5H3,(H,26,29)(H,27,30). The van der Waals surface area contributed by atoms with Crippen molar-refractivity contribution in [2.75, 3.05) is 22.7 Å². The van der Waals surface area contributed by atoms with Crippen molar-refractivity contribution in [1.29, 1.82) is 0 Å². The van der Waals surface area contributed by atoms with Gasteiger partial charge in [0, 0.05) is 12.6 Å². The third-order valence-corrected chi connectivity index (χ3v) is 7.41. The number of amides is 2. The molecule has 1 heterocycles. The number of nitrogens with one attached hydrogen (secondary N) is 2. The van der Waals surface area contributed by atoms with Crippen molar-refractivity contribution in [1.82, 2.24) is 5.32 Å². The number of benzene rings is 2. The van der Waals surface area contributed by atoms with Gasteiger partial charge in [-0.25, -0.2) is 17.6 Å². The molecule has 1 aliphatic heterocycles. The van der Waals surface area contributed by atoms with Gasteiger partial charge in [0.2, 0.25) is 5.91 Å². The lowest BCUT2D eigenvalue weighted by Crippen LogP contribution is -2.48. The molecule has 3 rings (SSSR count). The van der Waals surface area contributed by atoms with E-state index in [9.17, 15) is 22.4 Å². The first kappa shape index (κ1) is 26.3. The van der Waals surface area contributed by atoms with Gasteiger partial charge in [-0.2, -0.15) is 0 Å². The third kappa shape index (κ3) is 6.41. The third-order valence-electron chi connectivity index (χ3n) is 5.62. The summed E-state index contributed by atoms with van der Waals surface area (Å²) in [5.41, 5.74) is 0.234. The summed E-state index contributed by atoms with van der Waals surface area (Å²) in [6.07, 6.45) is -1.72. The summed E-state index contributed by atoms with van der Waals surface area (Å²) in [5.74, 6) is -0.599. The van der Waals surface area contributed by atoms with Crippen LogP contribution in [-0.4, -0.2) is 45.7 Å². The van der Waals surface area contributed by atoms with Crippen LogP contribution in [0.5, 0.6) is 5.75 Å². The predicted molar refractivity (Wildman–Crippen MR) is 129 cm³/mol. The van der Waals surface area contributed by atoms with Crippen LogP contribution < -0.4 is 19.7 Å². The van der Waals surface area contributed by atoms with E-state index in [1.807, 2.05) is 20.8 Å². The molecule has 0 bridgehead atoms. The van der Waals surface area contributed by atoms with Crippen LogP contribution in [-0.2, 0) is 19.6 Å². The number of hydrogen-bond acceptors (Lipinski definition) is 6. The molecular formula is C24H30FN3O6S. The van der Waals surface area contributed by atoms with Crippen LogP contribution in [0.4, 0.5) is 20.6 Å². The molecular weight excluding hydrogens is 477 g/mol. The first-order valence-electron chi connectivity index (χ1n) is 11.1. The Morgan fingerprint density at radius 3 is 2.46 bits per heavy atom. The Hall–Kier alpha value is -3.34. The van der Waals surface area contributed by atoms with E-state index in [4.69, 9.17) is 9.47 Å². The number of halogens is 1. The summed E-state index contributed by atoms with van der Waals surface area (Å²) in [4.78, 5) is 23.7. The van der Waals surface area contributed by atoms with E-state index in [-0.39, 0.29) is 46.8 Å². The molecule has 0 aliphatic carbocycles. The molecule has 0 radical (unpaired) electrons. The molecule has 1 aliphatic rings. The number of ether oxygens (including phenoxy) is 2. The van der Waals surface area contributed by atoms with Crippen molar-refractivity contribution in [2.45, 2.75) is 51.7 Å². The second kappa shape index (κ2) is 10.1. The van der Waals surface area contributed by atoms with Crippen LogP contribution in [0, 0.1) is 11.2 Å². The maximum atomic E-state index is 13.5. The van der Waals surface area contributed by atoms with Crippen LogP contribution >= 0.6 is 0 Å². The van der Waals surface area contributed by atoms with Gasteiger partial charge < -0.3 is 14.8 Å². The number of rotatable bonds is 6. The van der Waals surface area contributed by atoms with Crippen molar-refractivity contribution in [3.63, 3.8) is 0 Å². The zero-order valence-electron chi connectivity index (χ0n) is 20.3. The van der Waals surface area contributed by atoms with Crippen LogP contribution in [0.25, 0.3) is 0 Å². The lowest BCUT2D eigenvalue weighted by Gasteiger charge is -2.35. The minimum Gasteiger partial charge on any atom is -0.484 e. The Morgan fingerprint density at radius 2 is 1.86 bits per heavy atom. The summed E-state index contributed by atoms with van der Waals surface area (Å²) in [7, 11) is -4.12. The molecule has 0 fully saturated rings. The summed E-state index contributed by atoms with van der Waals surface area (Å²) in [5, 5.41) is 5.25. The molecule has 0 saturated heterocycles.